The van der Waals surface area contributed by atoms with Crippen LogP contribution in [0.4, 0.5) is 5.69 Å². The van der Waals surface area contributed by atoms with E-state index < -0.39 is 0 Å². The minimum Gasteiger partial charge on any atom is -0.491 e. The second kappa shape index (κ2) is 7.00. The summed E-state index contributed by atoms with van der Waals surface area (Å²) in [5.41, 5.74) is 2.14. The topological polar surface area (TPSA) is 21.3 Å². The summed E-state index contributed by atoms with van der Waals surface area (Å²) in [6.07, 6.45) is 0.165. The molecule has 0 saturated carbocycles. The number of nitrogens with one attached hydrogen (secondary N) is 1. The van der Waals surface area contributed by atoms with Gasteiger partial charge in [0.15, 0.2) is 0 Å². The van der Waals surface area contributed by atoms with Crippen LogP contribution in [0.3, 0.4) is 0 Å². The lowest BCUT2D eigenvalue weighted by atomic mass is 10.2. The van der Waals surface area contributed by atoms with Crippen LogP contribution in [0, 0.1) is 0 Å². The second-order valence-electron chi connectivity index (χ2n) is 4.75. The van der Waals surface area contributed by atoms with Crippen molar-refractivity contribution in [3.63, 3.8) is 0 Å². The summed E-state index contributed by atoms with van der Waals surface area (Å²) in [6, 6.07) is 13.8. The maximum absolute atomic E-state index is 5.94. The van der Waals surface area contributed by atoms with Gasteiger partial charge in [-0.1, -0.05) is 29.8 Å². The Labute approximate surface area is 133 Å². The predicted molar refractivity (Wildman–Crippen MR) is 88.7 cm³/mol. The van der Waals surface area contributed by atoms with Crippen molar-refractivity contribution in [3.8, 4) is 5.75 Å². The Bertz CT molecular complexity index is 586. The minimum absolute atomic E-state index is 0.165. The third kappa shape index (κ3) is 4.15. The number of anilines is 1. The van der Waals surface area contributed by atoms with Gasteiger partial charge in [0.25, 0.3) is 0 Å². The van der Waals surface area contributed by atoms with Crippen LogP contribution in [0.2, 0.25) is 5.02 Å². The molecule has 0 fully saturated rings. The lowest BCUT2D eigenvalue weighted by Crippen LogP contribution is -2.09. The van der Waals surface area contributed by atoms with Gasteiger partial charge in [-0.05, 0) is 54.0 Å². The van der Waals surface area contributed by atoms with E-state index in [1.54, 1.807) is 0 Å². The number of rotatable bonds is 5. The smallest absolute Gasteiger partial charge is 0.124 e. The normalized spacial score (nSPS) is 10.7. The summed E-state index contributed by atoms with van der Waals surface area (Å²) < 4.78 is 6.76. The van der Waals surface area contributed by atoms with Gasteiger partial charge in [0.05, 0.1) is 6.10 Å². The third-order valence-electron chi connectivity index (χ3n) is 2.74. The maximum Gasteiger partial charge on any atom is 0.124 e. The zero-order valence-electron chi connectivity index (χ0n) is 11.5. The lowest BCUT2D eigenvalue weighted by molar-refractivity contribution is 0.240. The Morgan fingerprint density at radius 3 is 2.65 bits per heavy atom. The van der Waals surface area contributed by atoms with Crippen molar-refractivity contribution in [2.24, 2.45) is 0 Å². The highest BCUT2D eigenvalue weighted by Gasteiger charge is 2.06. The largest absolute Gasteiger partial charge is 0.491 e. The van der Waals surface area contributed by atoms with Crippen LogP contribution >= 0.6 is 27.5 Å². The number of hydrogen-bond acceptors (Lipinski definition) is 2. The average Bonchev–Trinajstić information content (AvgIpc) is 2.39. The number of hydrogen-bond donors (Lipinski definition) is 1. The first kappa shape index (κ1) is 15.2. The summed E-state index contributed by atoms with van der Waals surface area (Å²) in [7, 11) is 0. The molecule has 0 aliphatic carbocycles. The number of ether oxygens (including phenoxy) is 1. The van der Waals surface area contributed by atoms with Gasteiger partial charge in [-0.15, -0.1) is 0 Å². The molecule has 0 bridgehead atoms. The highest BCUT2D eigenvalue weighted by Crippen LogP contribution is 2.27. The van der Waals surface area contributed by atoms with Crippen molar-refractivity contribution in [3.05, 3.63) is 57.5 Å². The molecule has 1 N–H and O–H groups in total. The fourth-order valence-corrected chi connectivity index (χ4v) is 2.66. The Balaban J connectivity index is 2.10. The molecule has 20 heavy (non-hydrogen) atoms. The van der Waals surface area contributed by atoms with Gasteiger partial charge < -0.3 is 10.1 Å². The van der Waals surface area contributed by atoms with Crippen LogP contribution in [-0.2, 0) is 6.54 Å². The summed E-state index contributed by atoms with van der Waals surface area (Å²) in [6.45, 7) is 4.75. The predicted octanol–water partition coefficient (Wildman–Crippen LogP) is 5.50. The van der Waals surface area contributed by atoms with Gasteiger partial charge >= 0.3 is 0 Å². The highest BCUT2D eigenvalue weighted by atomic mass is 79.9. The first-order chi connectivity index (χ1) is 9.56. The first-order valence-electron chi connectivity index (χ1n) is 6.49. The van der Waals surface area contributed by atoms with Crippen molar-refractivity contribution in [2.45, 2.75) is 26.5 Å². The SMILES string of the molecule is CC(C)Oc1ccccc1CNc1ccc(Cl)cc1Br. The molecule has 0 unspecified atom stereocenters. The standard InChI is InChI=1S/C16H17BrClNO/c1-11(2)20-16-6-4-3-5-12(16)10-19-15-8-7-13(18)9-14(15)17/h3-9,11,19H,10H2,1-2H3. The Hall–Kier alpha value is -1.19. The highest BCUT2D eigenvalue weighted by molar-refractivity contribution is 9.10. The second-order valence-corrected chi connectivity index (χ2v) is 6.04. The zero-order chi connectivity index (χ0) is 14.5. The van der Waals surface area contributed by atoms with Crippen LogP contribution in [-0.4, -0.2) is 6.10 Å². The van der Waals surface area contributed by atoms with Crippen LogP contribution < -0.4 is 10.1 Å². The van der Waals surface area contributed by atoms with E-state index in [1.807, 2.05) is 50.2 Å². The molecule has 2 rings (SSSR count). The molecular weight excluding hydrogens is 338 g/mol. The van der Waals surface area contributed by atoms with E-state index in [-0.39, 0.29) is 6.10 Å². The molecule has 4 heteroatoms. The molecule has 0 saturated heterocycles. The van der Waals surface area contributed by atoms with Gasteiger partial charge in [-0.25, -0.2) is 0 Å². The van der Waals surface area contributed by atoms with Crippen molar-refractivity contribution in [1.29, 1.82) is 0 Å². The molecule has 0 amide bonds. The summed E-state index contributed by atoms with van der Waals surface area (Å²) in [5.74, 6) is 0.917. The van der Waals surface area contributed by atoms with E-state index in [1.165, 1.54) is 0 Å². The molecule has 2 nitrogen and oxygen atoms in total. The first-order valence-corrected chi connectivity index (χ1v) is 7.67. The van der Waals surface area contributed by atoms with E-state index >= 15 is 0 Å². The number of para-hydroxylation sites is 1. The summed E-state index contributed by atoms with van der Waals surface area (Å²) in [4.78, 5) is 0. The van der Waals surface area contributed by atoms with Crippen LogP contribution in [0.1, 0.15) is 19.4 Å². The van der Waals surface area contributed by atoms with E-state index in [0.717, 1.165) is 21.5 Å². The summed E-state index contributed by atoms with van der Waals surface area (Å²) >= 11 is 9.44. The molecule has 0 radical (unpaired) electrons. The molecular formula is C16H17BrClNO. The van der Waals surface area contributed by atoms with Crippen molar-refractivity contribution in [2.75, 3.05) is 5.32 Å². The Kier molecular flexibility index (Phi) is 5.32. The molecule has 2 aromatic rings. The van der Waals surface area contributed by atoms with E-state index in [9.17, 15) is 0 Å². The van der Waals surface area contributed by atoms with E-state index in [0.29, 0.717) is 11.6 Å². The lowest BCUT2D eigenvalue weighted by Gasteiger charge is -2.15. The fraction of sp³-hybridized carbons (Fsp3) is 0.250. The van der Waals surface area contributed by atoms with Crippen LogP contribution in [0.5, 0.6) is 5.75 Å². The van der Waals surface area contributed by atoms with Crippen molar-refractivity contribution in [1.82, 2.24) is 0 Å². The molecule has 2 aromatic carbocycles. The Morgan fingerprint density at radius 1 is 1.20 bits per heavy atom. The Morgan fingerprint density at radius 2 is 1.95 bits per heavy atom. The van der Waals surface area contributed by atoms with E-state index in [2.05, 4.69) is 27.3 Å². The monoisotopic (exact) mass is 353 g/mol. The maximum atomic E-state index is 5.94. The zero-order valence-corrected chi connectivity index (χ0v) is 13.8. The van der Waals surface area contributed by atoms with Crippen LogP contribution in [0.25, 0.3) is 0 Å². The van der Waals surface area contributed by atoms with Gasteiger partial charge in [0.2, 0.25) is 0 Å². The average molecular weight is 355 g/mol. The molecule has 0 aliphatic heterocycles. The quantitative estimate of drug-likeness (QED) is 0.765. The molecule has 106 valence electrons. The van der Waals surface area contributed by atoms with Gasteiger partial charge in [0.1, 0.15) is 5.75 Å². The number of halogens is 2. The summed E-state index contributed by atoms with van der Waals surface area (Å²) in [5, 5.41) is 4.10. The molecule has 0 aromatic heterocycles. The number of benzene rings is 2. The molecule has 0 aliphatic rings. The van der Waals surface area contributed by atoms with Crippen molar-refractivity contribution >= 4 is 33.2 Å². The van der Waals surface area contributed by atoms with Crippen molar-refractivity contribution < 1.29 is 4.74 Å². The van der Waals surface area contributed by atoms with Gasteiger partial charge in [-0.3, -0.25) is 0 Å². The fourth-order valence-electron chi connectivity index (χ4n) is 1.84. The third-order valence-corrected chi connectivity index (χ3v) is 3.63. The molecule has 0 heterocycles. The van der Waals surface area contributed by atoms with Crippen LogP contribution in [0.15, 0.2) is 46.9 Å². The van der Waals surface area contributed by atoms with Gasteiger partial charge in [0, 0.05) is 27.3 Å². The molecule has 0 spiro atoms. The molecule has 0 atom stereocenters. The minimum atomic E-state index is 0.165. The van der Waals surface area contributed by atoms with E-state index in [4.69, 9.17) is 16.3 Å². The van der Waals surface area contributed by atoms with Gasteiger partial charge in [-0.2, -0.15) is 0 Å².